The van der Waals surface area contributed by atoms with E-state index in [0.29, 0.717) is 11.5 Å². The summed E-state index contributed by atoms with van der Waals surface area (Å²) in [6.45, 7) is 9.34. The third kappa shape index (κ3) is 2.70. The Morgan fingerprint density at radius 2 is 1.92 bits per heavy atom. The van der Waals surface area contributed by atoms with E-state index in [1.165, 1.54) is 19.3 Å². The van der Waals surface area contributed by atoms with Crippen molar-refractivity contribution < 1.29 is 4.74 Å². The minimum atomic E-state index is 0.490. The fraction of sp³-hybridized carbons (Fsp3) is 1.00. The molecule has 0 aromatic rings. The van der Waals surface area contributed by atoms with Gasteiger partial charge in [0.25, 0.3) is 0 Å². The number of hydrogen-bond acceptors (Lipinski definition) is 1. The van der Waals surface area contributed by atoms with Crippen molar-refractivity contribution in [1.29, 1.82) is 0 Å². The van der Waals surface area contributed by atoms with Crippen LogP contribution in [0.15, 0.2) is 0 Å². The van der Waals surface area contributed by atoms with Crippen LogP contribution in [0.5, 0.6) is 0 Å². The lowest BCUT2D eigenvalue weighted by Crippen LogP contribution is -2.37. The summed E-state index contributed by atoms with van der Waals surface area (Å²) in [6.07, 6.45) is 4.41. The molecule has 1 aliphatic rings. The number of hydrogen-bond donors (Lipinski definition) is 0. The Balaban J connectivity index is 2.61. The predicted molar refractivity (Wildman–Crippen MR) is 56.8 cm³/mol. The third-order valence-electron chi connectivity index (χ3n) is 3.54. The van der Waals surface area contributed by atoms with Crippen molar-refractivity contribution >= 4 is 0 Å². The third-order valence-corrected chi connectivity index (χ3v) is 3.54. The molecule has 13 heavy (non-hydrogen) atoms. The van der Waals surface area contributed by atoms with Crippen molar-refractivity contribution in [3.63, 3.8) is 0 Å². The predicted octanol–water partition coefficient (Wildman–Crippen LogP) is 3.48. The molecule has 2 unspecified atom stereocenters. The first-order chi connectivity index (χ1) is 5.96. The Kier molecular flexibility index (Phi) is 3.39. The molecule has 0 amide bonds. The molecule has 2 atom stereocenters. The van der Waals surface area contributed by atoms with Gasteiger partial charge in [-0.15, -0.1) is 0 Å². The fourth-order valence-electron chi connectivity index (χ4n) is 2.56. The zero-order valence-electron chi connectivity index (χ0n) is 9.76. The van der Waals surface area contributed by atoms with Gasteiger partial charge in [0.05, 0.1) is 6.10 Å². The first kappa shape index (κ1) is 11.0. The topological polar surface area (TPSA) is 9.23 Å². The van der Waals surface area contributed by atoms with Gasteiger partial charge in [0.1, 0.15) is 0 Å². The van der Waals surface area contributed by atoms with E-state index >= 15 is 0 Å². The van der Waals surface area contributed by atoms with E-state index in [0.717, 1.165) is 11.8 Å². The summed E-state index contributed by atoms with van der Waals surface area (Å²) in [5.41, 5.74) is 0.492. The van der Waals surface area contributed by atoms with Crippen molar-refractivity contribution in [3.05, 3.63) is 0 Å². The molecule has 0 radical (unpaired) electrons. The highest BCUT2D eigenvalue weighted by Crippen LogP contribution is 2.41. The second kappa shape index (κ2) is 4.00. The number of ether oxygens (including phenoxy) is 1. The lowest BCUT2D eigenvalue weighted by molar-refractivity contribution is -0.0334. The zero-order valence-corrected chi connectivity index (χ0v) is 9.76. The molecule has 1 nitrogen and oxygen atoms in total. The lowest BCUT2D eigenvalue weighted by Gasteiger charge is -2.41. The van der Waals surface area contributed by atoms with Crippen LogP contribution in [0.3, 0.4) is 0 Å². The number of methoxy groups -OCH3 is 1. The Hall–Kier alpha value is -0.0400. The molecule has 0 heterocycles. The van der Waals surface area contributed by atoms with Gasteiger partial charge < -0.3 is 4.74 Å². The van der Waals surface area contributed by atoms with Crippen molar-refractivity contribution in [1.82, 2.24) is 0 Å². The van der Waals surface area contributed by atoms with Gasteiger partial charge in [-0.05, 0) is 36.5 Å². The molecule has 1 heteroatoms. The summed E-state index contributed by atoms with van der Waals surface area (Å²) in [6, 6.07) is 0. The van der Waals surface area contributed by atoms with E-state index in [1.807, 2.05) is 7.11 Å². The molecule has 1 saturated carbocycles. The maximum absolute atomic E-state index is 5.60. The minimum absolute atomic E-state index is 0.490. The van der Waals surface area contributed by atoms with Crippen molar-refractivity contribution in [2.24, 2.45) is 17.3 Å². The van der Waals surface area contributed by atoms with E-state index in [4.69, 9.17) is 4.74 Å². The zero-order chi connectivity index (χ0) is 10.1. The normalized spacial score (nSPS) is 33.7. The second-order valence-electron chi connectivity index (χ2n) is 5.59. The second-order valence-corrected chi connectivity index (χ2v) is 5.59. The van der Waals surface area contributed by atoms with Crippen LogP contribution in [0.2, 0.25) is 0 Å². The molecule has 0 aromatic heterocycles. The van der Waals surface area contributed by atoms with Gasteiger partial charge in [0.2, 0.25) is 0 Å². The molecule has 0 spiro atoms. The van der Waals surface area contributed by atoms with Gasteiger partial charge in [-0.1, -0.05) is 27.7 Å². The van der Waals surface area contributed by atoms with Gasteiger partial charge >= 0.3 is 0 Å². The molecular formula is C12H24O. The van der Waals surface area contributed by atoms with Crippen LogP contribution in [-0.2, 0) is 4.74 Å². The van der Waals surface area contributed by atoms with E-state index < -0.39 is 0 Å². The Bertz CT molecular complexity index is 161. The van der Waals surface area contributed by atoms with Crippen molar-refractivity contribution in [2.45, 2.75) is 53.1 Å². The van der Waals surface area contributed by atoms with E-state index in [9.17, 15) is 0 Å². The molecule has 0 aromatic carbocycles. The Morgan fingerprint density at radius 1 is 1.31 bits per heavy atom. The van der Waals surface area contributed by atoms with Gasteiger partial charge in [-0.25, -0.2) is 0 Å². The van der Waals surface area contributed by atoms with Gasteiger partial charge in [-0.2, -0.15) is 0 Å². The minimum Gasteiger partial charge on any atom is -0.381 e. The Morgan fingerprint density at radius 3 is 2.38 bits per heavy atom. The fourth-order valence-corrected chi connectivity index (χ4v) is 2.56. The van der Waals surface area contributed by atoms with E-state index in [1.54, 1.807) is 0 Å². The smallest absolute Gasteiger partial charge is 0.0607 e. The molecule has 0 bridgehead atoms. The van der Waals surface area contributed by atoms with Crippen LogP contribution < -0.4 is 0 Å². The quantitative estimate of drug-likeness (QED) is 0.638. The average molecular weight is 184 g/mol. The Labute approximate surface area is 82.9 Å². The standard InChI is InChI=1S/C12H24O/c1-9(2)10-6-7-12(3,4)8-11(10)13-5/h9-11H,6-8H2,1-5H3. The maximum Gasteiger partial charge on any atom is 0.0607 e. The van der Waals surface area contributed by atoms with Crippen LogP contribution in [-0.4, -0.2) is 13.2 Å². The molecule has 78 valence electrons. The monoisotopic (exact) mass is 184 g/mol. The van der Waals surface area contributed by atoms with E-state index in [2.05, 4.69) is 27.7 Å². The molecule has 1 fully saturated rings. The van der Waals surface area contributed by atoms with Gasteiger partial charge in [0.15, 0.2) is 0 Å². The SMILES string of the molecule is COC1CC(C)(C)CCC1C(C)C. The molecule has 0 saturated heterocycles. The maximum atomic E-state index is 5.60. The highest BCUT2D eigenvalue weighted by molar-refractivity contribution is 4.86. The molecular weight excluding hydrogens is 160 g/mol. The van der Waals surface area contributed by atoms with Crippen LogP contribution in [0, 0.1) is 17.3 Å². The average Bonchev–Trinajstić information content (AvgIpc) is 2.01. The molecule has 0 N–H and O–H groups in total. The van der Waals surface area contributed by atoms with Crippen LogP contribution >= 0.6 is 0 Å². The summed E-state index contributed by atoms with van der Waals surface area (Å²) in [5, 5.41) is 0. The highest BCUT2D eigenvalue weighted by atomic mass is 16.5. The van der Waals surface area contributed by atoms with Crippen LogP contribution in [0.4, 0.5) is 0 Å². The summed E-state index contributed by atoms with van der Waals surface area (Å²) in [4.78, 5) is 0. The first-order valence-electron chi connectivity index (χ1n) is 5.49. The van der Waals surface area contributed by atoms with Crippen molar-refractivity contribution in [3.8, 4) is 0 Å². The molecule has 0 aliphatic heterocycles. The molecule has 1 aliphatic carbocycles. The first-order valence-corrected chi connectivity index (χ1v) is 5.49. The summed E-state index contributed by atoms with van der Waals surface area (Å²) < 4.78 is 5.60. The largest absolute Gasteiger partial charge is 0.381 e. The number of rotatable bonds is 2. The van der Waals surface area contributed by atoms with Crippen molar-refractivity contribution in [2.75, 3.05) is 7.11 Å². The van der Waals surface area contributed by atoms with Gasteiger partial charge in [-0.3, -0.25) is 0 Å². The highest BCUT2D eigenvalue weighted by Gasteiger charge is 2.36. The molecule has 1 rings (SSSR count). The summed E-state index contributed by atoms with van der Waals surface area (Å²) in [7, 11) is 1.86. The van der Waals surface area contributed by atoms with E-state index in [-0.39, 0.29) is 0 Å². The summed E-state index contributed by atoms with van der Waals surface area (Å²) in [5.74, 6) is 1.54. The van der Waals surface area contributed by atoms with Gasteiger partial charge in [0, 0.05) is 7.11 Å². The summed E-state index contributed by atoms with van der Waals surface area (Å²) >= 11 is 0. The lowest BCUT2D eigenvalue weighted by atomic mass is 9.68. The van der Waals surface area contributed by atoms with Crippen LogP contribution in [0.1, 0.15) is 47.0 Å². The van der Waals surface area contributed by atoms with Crippen LogP contribution in [0.25, 0.3) is 0 Å².